The minimum atomic E-state index is 0.762. The highest BCUT2D eigenvalue weighted by atomic mass is 16.5. The zero-order valence-electron chi connectivity index (χ0n) is 9.07. The number of pyridine rings is 1. The molecule has 2 rings (SSSR count). The zero-order valence-corrected chi connectivity index (χ0v) is 9.07. The van der Waals surface area contributed by atoms with Crippen molar-refractivity contribution in [3.8, 4) is 11.5 Å². The van der Waals surface area contributed by atoms with Crippen molar-refractivity contribution >= 4 is 10.9 Å². The number of methoxy groups -OCH3 is 2. The smallest absolute Gasteiger partial charge is 0.132 e. The van der Waals surface area contributed by atoms with Crippen LogP contribution < -0.4 is 9.47 Å². The lowest BCUT2D eigenvalue weighted by Crippen LogP contribution is -1.91. The quantitative estimate of drug-likeness (QED) is 0.751. The normalized spacial score (nSPS) is 10.3. The van der Waals surface area contributed by atoms with E-state index in [1.165, 1.54) is 0 Å². The molecule has 15 heavy (non-hydrogen) atoms. The molecule has 0 unspecified atom stereocenters. The van der Waals surface area contributed by atoms with Crippen LogP contribution in [0.2, 0.25) is 0 Å². The molecule has 3 nitrogen and oxygen atoms in total. The van der Waals surface area contributed by atoms with Crippen LogP contribution in [0.3, 0.4) is 0 Å². The molecule has 0 amide bonds. The second kappa shape index (κ2) is 3.77. The van der Waals surface area contributed by atoms with Crippen LogP contribution in [0.5, 0.6) is 11.5 Å². The number of fused-ring (bicyclic) bond motifs is 1. The van der Waals surface area contributed by atoms with Gasteiger partial charge >= 0.3 is 0 Å². The lowest BCUT2D eigenvalue weighted by molar-refractivity contribution is 0.397. The van der Waals surface area contributed by atoms with Crippen LogP contribution in [0.1, 0.15) is 5.56 Å². The first-order chi connectivity index (χ1) is 7.26. The Morgan fingerprint density at radius 1 is 1.13 bits per heavy atom. The molecule has 0 aliphatic rings. The van der Waals surface area contributed by atoms with E-state index in [2.05, 4.69) is 4.98 Å². The second-order valence-electron chi connectivity index (χ2n) is 3.35. The molecule has 0 bridgehead atoms. The van der Waals surface area contributed by atoms with Crippen molar-refractivity contribution in [1.82, 2.24) is 4.98 Å². The van der Waals surface area contributed by atoms with E-state index in [4.69, 9.17) is 9.47 Å². The molecule has 2 aromatic rings. The predicted octanol–water partition coefficient (Wildman–Crippen LogP) is 2.56. The number of hydrogen-bond acceptors (Lipinski definition) is 3. The van der Waals surface area contributed by atoms with Crippen molar-refractivity contribution in [3.05, 3.63) is 30.0 Å². The Morgan fingerprint density at radius 3 is 2.60 bits per heavy atom. The van der Waals surface area contributed by atoms with Gasteiger partial charge < -0.3 is 9.47 Å². The summed E-state index contributed by atoms with van der Waals surface area (Å²) in [6, 6.07) is 5.75. The monoisotopic (exact) mass is 203 g/mol. The molecule has 0 N–H and O–H groups in total. The standard InChI is InChI=1S/C12H13NO2/c1-8-4-5-13-10-6-9(14-2)7-11(15-3)12(8)10/h4-7H,1-3H3. The molecule has 3 heteroatoms. The van der Waals surface area contributed by atoms with Crippen LogP contribution in [-0.2, 0) is 0 Å². The minimum absolute atomic E-state index is 0.762. The van der Waals surface area contributed by atoms with Gasteiger partial charge in [-0.1, -0.05) is 0 Å². The van der Waals surface area contributed by atoms with Gasteiger partial charge in [0.05, 0.1) is 19.7 Å². The van der Waals surface area contributed by atoms with Crippen molar-refractivity contribution in [2.45, 2.75) is 6.92 Å². The highest BCUT2D eigenvalue weighted by Gasteiger charge is 2.07. The van der Waals surface area contributed by atoms with E-state index in [0.29, 0.717) is 0 Å². The summed E-state index contributed by atoms with van der Waals surface area (Å²) >= 11 is 0. The fraction of sp³-hybridized carbons (Fsp3) is 0.250. The first kappa shape index (κ1) is 9.77. The van der Waals surface area contributed by atoms with Gasteiger partial charge in [0.15, 0.2) is 0 Å². The lowest BCUT2D eigenvalue weighted by atomic mass is 10.1. The molecule has 0 spiro atoms. The van der Waals surface area contributed by atoms with E-state index in [1.54, 1.807) is 20.4 Å². The van der Waals surface area contributed by atoms with Gasteiger partial charge in [-0.2, -0.15) is 0 Å². The summed E-state index contributed by atoms with van der Waals surface area (Å²) in [5, 5.41) is 1.04. The first-order valence-electron chi connectivity index (χ1n) is 4.73. The van der Waals surface area contributed by atoms with Crippen LogP contribution in [0.25, 0.3) is 10.9 Å². The highest BCUT2D eigenvalue weighted by Crippen LogP contribution is 2.31. The molecule has 1 aromatic carbocycles. The lowest BCUT2D eigenvalue weighted by Gasteiger charge is -2.09. The van der Waals surface area contributed by atoms with Crippen molar-refractivity contribution < 1.29 is 9.47 Å². The number of aryl methyl sites for hydroxylation is 1. The average molecular weight is 203 g/mol. The van der Waals surface area contributed by atoms with Crippen molar-refractivity contribution in [2.24, 2.45) is 0 Å². The fourth-order valence-electron chi connectivity index (χ4n) is 1.67. The molecule has 1 heterocycles. The minimum Gasteiger partial charge on any atom is -0.497 e. The molecular weight excluding hydrogens is 190 g/mol. The van der Waals surface area contributed by atoms with E-state index in [-0.39, 0.29) is 0 Å². The molecule has 0 saturated carbocycles. The van der Waals surface area contributed by atoms with E-state index < -0.39 is 0 Å². The van der Waals surface area contributed by atoms with Crippen LogP contribution in [0, 0.1) is 6.92 Å². The summed E-state index contributed by atoms with van der Waals surface area (Å²) < 4.78 is 10.5. The van der Waals surface area contributed by atoms with Crippen molar-refractivity contribution in [2.75, 3.05) is 14.2 Å². The SMILES string of the molecule is COc1cc(OC)c2c(C)ccnc2c1. The molecule has 1 aromatic heterocycles. The third kappa shape index (κ3) is 1.61. The van der Waals surface area contributed by atoms with E-state index in [1.807, 2.05) is 25.1 Å². The maximum atomic E-state index is 5.33. The third-order valence-electron chi connectivity index (χ3n) is 2.44. The summed E-state index contributed by atoms with van der Waals surface area (Å²) in [7, 11) is 3.29. The Labute approximate surface area is 88.7 Å². The van der Waals surface area contributed by atoms with E-state index in [0.717, 1.165) is 28.0 Å². The summed E-state index contributed by atoms with van der Waals surface area (Å²) in [6.45, 7) is 2.04. The fourth-order valence-corrected chi connectivity index (χ4v) is 1.67. The van der Waals surface area contributed by atoms with Crippen molar-refractivity contribution in [1.29, 1.82) is 0 Å². The Kier molecular flexibility index (Phi) is 2.46. The van der Waals surface area contributed by atoms with E-state index in [9.17, 15) is 0 Å². The van der Waals surface area contributed by atoms with Crippen LogP contribution >= 0.6 is 0 Å². The van der Waals surface area contributed by atoms with Gasteiger partial charge in [-0.3, -0.25) is 4.98 Å². The Balaban J connectivity index is 2.81. The number of rotatable bonds is 2. The second-order valence-corrected chi connectivity index (χ2v) is 3.35. The maximum absolute atomic E-state index is 5.33. The van der Waals surface area contributed by atoms with Gasteiger partial charge in [-0.15, -0.1) is 0 Å². The maximum Gasteiger partial charge on any atom is 0.132 e. The van der Waals surface area contributed by atoms with Gasteiger partial charge in [0.2, 0.25) is 0 Å². The average Bonchev–Trinajstić information content (AvgIpc) is 2.27. The molecular formula is C12H13NO2. The molecule has 0 radical (unpaired) electrons. The molecule has 0 fully saturated rings. The Hall–Kier alpha value is -1.77. The molecule has 78 valence electrons. The molecule has 0 atom stereocenters. The van der Waals surface area contributed by atoms with Crippen LogP contribution in [0.15, 0.2) is 24.4 Å². The van der Waals surface area contributed by atoms with E-state index >= 15 is 0 Å². The third-order valence-corrected chi connectivity index (χ3v) is 2.44. The topological polar surface area (TPSA) is 31.4 Å². The first-order valence-corrected chi connectivity index (χ1v) is 4.73. The van der Waals surface area contributed by atoms with Crippen LogP contribution in [0.4, 0.5) is 0 Å². The molecule has 0 aliphatic carbocycles. The summed E-state index contributed by atoms with van der Waals surface area (Å²) in [5.74, 6) is 1.56. The van der Waals surface area contributed by atoms with Gasteiger partial charge in [0.1, 0.15) is 11.5 Å². The van der Waals surface area contributed by atoms with Gasteiger partial charge in [0, 0.05) is 23.7 Å². The number of ether oxygens (including phenoxy) is 2. The molecule has 0 saturated heterocycles. The number of aromatic nitrogens is 1. The number of nitrogens with zero attached hydrogens (tertiary/aromatic N) is 1. The highest BCUT2D eigenvalue weighted by molar-refractivity contribution is 5.89. The summed E-state index contributed by atoms with van der Waals surface area (Å²) in [4.78, 5) is 4.30. The van der Waals surface area contributed by atoms with Crippen molar-refractivity contribution in [3.63, 3.8) is 0 Å². The van der Waals surface area contributed by atoms with Crippen LogP contribution in [-0.4, -0.2) is 19.2 Å². The summed E-state index contributed by atoms with van der Waals surface area (Å²) in [6.07, 6.45) is 1.79. The molecule has 0 aliphatic heterocycles. The van der Waals surface area contributed by atoms with Gasteiger partial charge in [-0.05, 0) is 18.6 Å². The zero-order chi connectivity index (χ0) is 10.8. The largest absolute Gasteiger partial charge is 0.497 e. The predicted molar refractivity (Wildman–Crippen MR) is 59.6 cm³/mol. The van der Waals surface area contributed by atoms with Gasteiger partial charge in [0.25, 0.3) is 0 Å². The Morgan fingerprint density at radius 2 is 1.93 bits per heavy atom. The van der Waals surface area contributed by atoms with Gasteiger partial charge in [-0.25, -0.2) is 0 Å². The number of hydrogen-bond donors (Lipinski definition) is 0. The number of benzene rings is 1. The Bertz CT molecular complexity index is 494. The summed E-state index contributed by atoms with van der Waals surface area (Å²) in [5.41, 5.74) is 2.05.